The number of hydrogen-bond donors (Lipinski definition) is 2. The van der Waals surface area contributed by atoms with Crippen LogP contribution in [0.3, 0.4) is 0 Å². The number of hydrogen-bond acceptors (Lipinski definition) is 7. The molecular formula is C11H20N4O4S2. The lowest BCUT2D eigenvalue weighted by molar-refractivity contribution is 0.443. The zero-order valence-corrected chi connectivity index (χ0v) is 13.7. The number of sulfone groups is 2. The van der Waals surface area contributed by atoms with Crippen LogP contribution in [0.4, 0.5) is 11.6 Å². The molecule has 1 heterocycles. The summed E-state index contributed by atoms with van der Waals surface area (Å²) in [7, 11) is -6.73. The molecule has 1 aromatic heterocycles. The number of nitrogens with one attached hydrogen (secondary N) is 1. The van der Waals surface area contributed by atoms with Gasteiger partial charge in [0, 0.05) is 18.6 Å². The van der Waals surface area contributed by atoms with Crippen molar-refractivity contribution in [3.05, 3.63) is 0 Å². The van der Waals surface area contributed by atoms with E-state index in [1.165, 1.54) is 4.68 Å². The fourth-order valence-electron chi connectivity index (χ4n) is 2.09. The number of aromatic nitrogens is 2. The van der Waals surface area contributed by atoms with Crippen LogP contribution in [0.1, 0.15) is 19.3 Å². The Labute approximate surface area is 124 Å². The number of nitrogens with zero attached hydrogens (tertiary/aromatic N) is 2. The first-order chi connectivity index (χ1) is 9.58. The van der Waals surface area contributed by atoms with Crippen molar-refractivity contribution in [1.82, 2.24) is 9.78 Å². The van der Waals surface area contributed by atoms with E-state index in [4.69, 9.17) is 5.73 Å². The summed E-state index contributed by atoms with van der Waals surface area (Å²) in [5.41, 5.74) is 5.84. The number of aryl methyl sites for hydroxylation is 1. The Kier molecular flexibility index (Phi) is 4.20. The Bertz CT molecular complexity index is 733. The zero-order chi connectivity index (χ0) is 15.8. The number of nitrogens with two attached hydrogens (primary N) is 1. The minimum absolute atomic E-state index is 0.0250. The lowest BCUT2D eigenvalue weighted by Crippen LogP contribution is -2.28. The standard InChI is InChI=1S/C11H20N4O4S2/c1-20(16,17)7-6-15-10(12)9(21(2,18)19)11(14-15)13-8-4-3-5-8/h8H,3-7,12H2,1-2H3,(H,13,14). The van der Waals surface area contributed by atoms with Crippen molar-refractivity contribution in [1.29, 1.82) is 0 Å². The van der Waals surface area contributed by atoms with E-state index < -0.39 is 19.7 Å². The topological polar surface area (TPSA) is 124 Å². The van der Waals surface area contributed by atoms with Crippen molar-refractivity contribution in [2.45, 2.75) is 36.7 Å². The second-order valence-corrected chi connectivity index (χ2v) is 9.67. The third-order valence-corrected chi connectivity index (χ3v) is 5.51. The minimum Gasteiger partial charge on any atom is -0.383 e. The van der Waals surface area contributed by atoms with Crippen LogP contribution in [0.5, 0.6) is 0 Å². The van der Waals surface area contributed by atoms with Gasteiger partial charge in [-0.15, -0.1) is 0 Å². The Balaban J connectivity index is 2.34. The van der Waals surface area contributed by atoms with E-state index >= 15 is 0 Å². The van der Waals surface area contributed by atoms with E-state index in [1.807, 2.05) is 0 Å². The van der Waals surface area contributed by atoms with Gasteiger partial charge in [0.2, 0.25) is 0 Å². The molecule has 0 saturated heterocycles. The highest BCUT2D eigenvalue weighted by Gasteiger charge is 2.27. The lowest BCUT2D eigenvalue weighted by Gasteiger charge is -2.26. The van der Waals surface area contributed by atoms with E-state index in [1.54, 1.807) is 0 Å². The summed E-state index contributed by atoms with van der Waals surface area (Å²) in [6, 6.07) is 0.197. The largest absolute Gasteiger partial charge is 0.383 e. The van der Waals surface area contributed by atoms with Gasteiger partial charge in [0.1, 0.15) is 15.7 Å². The molecule has 0 aromatic carbocycles. The molecule has 0 unspecified atom stereocenters. The molecule has 0 spiro atoms. The Hall–Kier alpha value is -1.29. The van der Waals surface area contributed by atoms with Crippen molar-refractivity contribution in [3.63, 3.8) is 0 Å². The van der Waals surface area contributed by atoms with Gasteiger partial charge in [0.25, 0.3) is 0 Å². The van der Waals surface area contributed by atoms with Gasteiger partial charge in [-0.05, 0) is 19.3 Å². The van der Waals surface area contributed by atoms with Crippen molar-refractivity contribution < 1.29 is 16.8 Å². The van der Waals surface area contributed by atoms with E-state index in [0.717, 1.165) is 31.8 Å². The summed E-state index contributed by atoms with van der Waals surface area (Å²) >= 11 is 0. The average Bonchev–Trinajstić information content (AvgIpc) is 2.56. The molecule has 1 saturated carbocycles. The third kappa shape index (κ3) is 3.88. The van der Waals surface area contributed by atoms with Crippen molar-refractivity contribution in [2.75, 3.05) is 29.3 Å². The predicted octanol–water partition coefficient (Wildman–Crippen LogP) is -0.122. The van der Waals surface area contributed by atoms with Gasteiger partial charge in [-0.2, -0.15) is 5.10 Å². The van der Waals surface area contributed by atoms with Gasteiger partial charge in [0.15, 0.2) is 20.6 Å². The van der Waals surface area contributed by atoms with Crippen LogP contribution in [0.25, 0.3) is 0 Å². The first kappa shape index (κ1) is 16.1. The first-order valence-electron chi connectivity index (χ1n) is 6.58. The van der Waals surface area contributed by atoms with Crippen LogP contribution in [0.2, 0.25) is 0 Å². The van der Waals surface area contributed by atoms with Gasteiger partial charge >= 0.3 is 0 Å². The molecule has 0 radical (unpaired) electrons. The fraction of sp³-hybridized carbons (Fsp3) is 0.727. The van der Waals surface area contributed by atoms with Crippen LogP contribution in [0.15, 0.2) is 4.90 Å². The molecule has 3 N–H and O–H groups in total. The lowest BCUT2D eigenvalue weighted by atomic mass is 9.93. The molecule has 1 fully saturated rings. The van der Waals surface area contributed by atoms with Gasteiger partial charge in [-0.1, -0.05) is 0 Å². The maximum absolute atomic E-state index is 11.9. The molecular weight excluding hydrogens is 316 g/mol. The maximum Gasteiger partial charge on any atom is 0.182 e. The van der Waals surface area contributed by atoms with E-state index in [-0.39, 0.29) is 34.9 Å². The smallest absolute Gasteiger partial charge is 0.182 e. The Morgan fingerprint density at radius 3 is 2.33 bits per heavy atom. The molecule has 120 valence electrons. The highest BCUT2D eigenvalue weighted by atomic mass is 32.2. The second-order valence-electron chi connectivity index (χ2n) is 5.46. The van der Waals surface area contributed by atoms with Crippen molar-refractivity contribution in [2.24, 2.45) is 0 Å². The highest BCUT2D eigenvalue weighted by Crippen LogP contribution is 2.30. The maximum atomic E-state index is 11.9. The van der Waals surface area contributed by atoms with Crippen LogP contribution < -0.4 is 11.1 Å². The van der Waals surface area contributed by atoms with Crippen LogP contribution in [-0.2, 0) is 26.2 Å². The average molecular weight is 336 g/mol. The monoisotopic (exact) mass is 336 g/mol. The molecule has 2 rings (SSSR count). The molecule has 0 amide bonds. The molecule has 21 heavy (non-hydrogen) atoms. The molecule has 1 aromatic rings. The first-order valence-corrected chi connectivity index (χ1v) is 10.5. The molecule has 0 atom stereocenters. The summed E-state index contributed by atoms with van der Waals surface area (Å²) < 4.78 is 47.4. The Morgan fingerprint density at radius 2 is 1.90 bits per heavy atom. The highest BCUT2D eigenvalue weighted by molar-refractivity contribution is 7.91. The molecule has 8 nitrogen and oxygen atoms in total. The Morgan fingerprint density at radius 1 is 1.29 bits per heavy atom. The quantitative estimate of drug-likeness (QED) is 0.742. The summed E-state index contributed by atoms with van der Waals surface area (Å²) in [6.07, 6.45) is 5.18. The van der Waals surface area contributed by atoms with Crippen molar-refractivity contribution >= 4 is 31.3 Å². The van der Waals surface area contributed by atoms with Crippen LogP contribution in [0, 0.1) is 0 Å². The number of rotatable bonds is 6. The number of anilines is 2. The zero-order valence-electron chi connectivity index (χ0n) is 12.0. The summed E-state index contributed by atoms with van der Waals surface area (Å²) in [4.78, 5) is -0.0529. The fourth-order valence-corrected chi connectivity index (χ4v) is 3.53. The van der Waals surface area contributed by atoms with Gasteiger partial charge in [-0.25, -0.2) is 21.5 Å². The normalized spacial score (nSPS) is 16.7. The number of nitrogen functional groups attached to an aromatic ring is 1. The van der Waals surface area contributed by atoms with E-state index in [0.29, 0.717) is 0 Å². The summed E-state index contributed by atoms with van der Waals surface area (Å²) in [5, 5.41) is 7.21. The second kappa shape index (κ2) is 5.48. The van der Waals surface area contributed by atoms with E-state index in [9.17, 15) is 16.8 Å². The van der Waals surface area contributed by atoms with Gasteiger partial charge < -0.3 is 11.1 Å². The summed E-state index contributed by atoms with van der Waals surface area (Å²) in [6.45, 7) is 0.0273. The van der Waals surface area contributed by atoms with E-state index in [2.05, 4.69) is 10.4 Å². The predicted molar refractivity (Wildman–Crippen MR) is 80.7 cm³/mol. The SMILES string of the molecule is CS(=O)(=O)CCn1nc(NC2CCC2)c(S(C)(=O)=O)c1N. The molecule has 10 heteroatoms. The minimum atomic E-state index is -3.55. The van der Waals surface area contributed by atoms with Gasteiger partial charge in [0.05, 0.1) is 12.3 Å². The van der Waals surface area contributed by atoms with Crippen molar-refractivity contribution in [3.8, 4) is 0 Å². The third-order valence-electron chi connectivity index (χ3n) is 3.44. The van der Waals surface area contributed by atoms with Crippen LogP contribution >= 0.6 is 0 Å². The summed E-state index contributed by atoms with van der Waals surface area (Å²) in [5.74, 6) is 0.0430. The van der Waals surface area contributed by atoms with Gasteiger partial charge in [-0.3, -0.25) is 0 Å². The molecule has 0 bridgehead atoms. The van der Waals surface area contributed by atoms with Crippen LogP contribution in [-0.4, -0.2) is 50.9 Å². The molecule has 1 aliphatic rings. The molecule has 1 aliphatic carbocycles. The molecule has 0 aliphatic heterocycles.